The molecule has 0 unspecified atom stereocenters. The second-order valence-electron chi connectivity index (χ2n) is 6.38. The average Bonchev–Trinajstić information content (AvgIpc) is 2.92. The number of aryl methyl sites for hydroxylation is 2. The fraction of sp³-hybridized carbons (Fsp3) is 0.190. The highest BCUT2D eigenvalue weighted by molar-refractivity contribution is 8.18. The first-order chi connectivity index (χ1) is 13.3. The predicted molar refractivity (Wildman–Crippen MR) is 107 cm³/mol. The molecule has 1 fully saturated rings. The maximum absolute atomic E-state index is 12.5. The van der Waals surface area contributed by atoms with Gasteiger partial charge in [-0.05, 0) is 66.6 Å². The molecule has 1 N–H and O–H groups in total. The van der Waals surface area contributed by atoms with Gasteiger partial charge in [0.2, 0.25) is 0 Å². The van der Waals surface area contributed by atoms with Crippen LogP contribution in [0.4, 0.5) is 4.79 Å². The number of aromatic carboxylic acids is 1. The molecule has 0 atom stereocenters. The Balaban J connectivity index is 1.67. The van der Waals surface area contributed by atoms with Gasteiger partial charge in [-0.1, -0.05) is 24.3 Å². The molecule has 28 heavy (non-hydrogen) atoms. The van der Waals surface area contributed by atoms with E-state index < -0.39 is 11.9 Å². The first kappa shape index (κ1) is 19.7. The first-order valence-electron chi connectivity index (χ1n) is 8.64. The molecule has 0 bridgehead atoms. The van der Waals surface area contributed by atoms with Crippen molar-refractivity contribution in [3.63, 3.8) is 0 Å². The zero-order valence-corrected chi connectivity index (χ0v) is 16.3. The topological polar surface area (TPSA) is 83.9 Å². The summed E-state index contributed by atoms with van der Waals surface area (Å²) in [4.78, 5) is 37.2. The standard InChI is InChI=1S/C21H19NO5S/c1-13-6-7-14(2)17(10-13)27-9-8-22-19(23)18(28-21(22)26)12-15-4-3-5-16(11-15)20(24)25/h3-7,10-12H,8-9H2,1-2H3,(H,24,25)/b18-12-. The number of thioether (sulfide) groups is 1. The summed E-state index contributed by atoms with van der Waals surface area (Å²) in [5.41, 5.74) is 2.73. The molecule has 0 spiro atoms. The molecule has 0 aliphatic carbocycles. The lowest BCUT2D eigenvalue weighted by Crippen LogP contribution is -2.32. The highest BCUT2D eigenvalue weighted by Gasteiger charge is 2.34. The Labute approximate surface area is 166 Å². The number of imide groups is 1. The summed E-state index contributed by atoms with van der Waals surface area (Å²) < 4.78 is 5.73. The van der Waals surface area contributed by atoms with Crippen LogP contribution in [0.1, 0.15) is 27.0 Å². The van der Waals surface area contributed by atoms with E-state index in [1.165, 1.54) is 18.2 Å². The second kappa shape index (κ2) is 8.31. The molecule has 7 heteroatoms. The summed E-state index contributed by atoms with van der Waals surface area (Å²) in [6.45, 7) is 4.24. The highest BCUT2D eigenvalue weighted by atomic mass is 32.2. The lowest BCUT2D eigenvalue weighted by Gasteiger charge is -2.14. The third kappa shape index (κ3) is 4.43. The Hall–Kier alpha value is -3.06. The quantitative estimate of drug-likeness (QED) is 0.739. The van der Waals surface area contributed by atoms with Crippen LogP contribution in [0.25, 0.3) is 6.08 Å². The molecule has 0 radical (unpaired) electrons. The number of rotatable bonds is 6. The number of hydrogen-bond acceptors (Lipinski definition) is 5. The molecule has 2 amide bonds. The van der Waals surface area contributed by atoms with Gasteiger partial charge >= 0.3 is 5.97 Å². The van der Waals surface area contributed by atoms with E-state index in [2.05, 4.69) is 0 Å². The fourth-order valence-electron chi connectivity index (χ4n) is 2.72. The van der Waals surface area contributed by atoms with E-state index in [-0.39, 0.29) is 28.9 Å². The number of hydrogen-bond donors (Lipinski definition) is 1. The van der Waals surface area contributed by atoms with Crippen molar-refractivity contribution in [2.45, 2.75) is 13.8 Å². The number of carbonyl (C=O) groups excluding carboxylic acids is 2. The van der Waals surface area contributed by atoms with E-state index in [9.17, 15) is 14.4 Å². The molecular formula is C21H19NO5S. The SMILES string of the molecule is Cc1ccc(C)c(OCCN2C(=O)S/C(=C\c3cccc(C(=O)O)c3)C2=O)c1. The van der Waals surface area contributed by atoms with Gasteiger partial charge in [-0.2, -0.15) is 0 Å². The number of nitrogens with zero attached hydrogens (tertiary/aromatic N) is 1. The molecule has 144 valence electrons. The van der Waals surface area contributed by atoms with Crippen LogP contribution in [-0.2, 0) is 4.79 Å². The molecule has 1 heterocycles. The maximum atomic E-state index is 12.5. The van der Waals surface area contributed by atoms with E-state index in [0.717, 1.165) is 33.5 Å². The summed E-state index contributed by atoms with van der Waals surface area (Å²) in [6, 6.07) is 12.1. The Morgan fingerprint density at radius 3 is 2.71 bits per heavy atom. The number of ether oxygens (including phenoxy) is 1. The van der Waals surface area contributed by atoms with E-state index >= 15 is 0 Å². The summed E-state index contributed by atoms with van der Waals surface area (Å²) >= 11 is 0.838. The molecular weight excluding hydrogens is 378 g/mol. The molecule has 1 aliphatic rings. The van der Waals surface area contributed by atoms with Crippen molar-refractivity contribution in [1.29, 1.82) is 0 Å². The van der Waals surface area contributed by atoms with Crippen LogP contribution in [0.2, 0.25) is 0 Å². The van der Waals surface area contributed by atoms with Crippen LogP contribution in [-0.4, -0.2) is 40.3 Å². The van der Waals surface area contributed by atoms with Gasteiger partial charge in [0, 0.05) is 0 Å². The van der Waals surface area contributed by atoms with Gasteiger partial charge < -0.3 is 9.84 Å². The van der Waals surface area contributed by atoms with Gasteiger partial charge in [-0.3, -0.25) is 14.5 Å². The molecule has 6 nitrogen and oxygen atoms in total. The lowest BCUT2D eigenvalue weighted by molar-refractivity contribution is -0.123. The molecule has 0 saturated carbocycles. The summed E-state index contributed by atoms with van der Waals surface area (Å²) in [5, 5.41) is 8.70. The summed E-state index contributed by atoms with van der Waals surface area (Å²) in [6.07, 6.45) is 1.53. The normalized spacial score (nSPS) is 15.4. The zero-order chi connectivity index (χ0) is 20.3. The van der Waals surface area contributed by atoms with Gasteiger partial charge in [0.15, 0.2) is 0 Å². The lowest BCUT2D eigenvalue weighted by atomic mass is 10.1. The maximum Gasteiger partial charge on any atom is 0.335 e. The third-order valence-electron chi connectivity index (χ3n) is 4.22. The van der Waals surface area contributed by atoms with Crippen molar-refractivity contribution >= 4 is 35.0 Å². The molecule has 0 aromatic heterocycles. The number of amides is 2. The van der Waals surface area contributed by atoms with Crippen molar-refractivity contribution in [3.05, 3.63) is 69.6 Å². The molecule has 3 rings (SSSR count). The Morgan fingerprint density at radius 1 is 1.18 bits per heavy atom. The average molecular weight is 397 g/mol. The van der Waals surface area contributed by atoms with Crippen LogP contribution in [0.3, 0.4) is 0 Å². The largest absolute Gasteiger partial charge is 0.491 e. The summed E-state index contributed by atoms with van der Waals surface area (Å²) in [7, 11) is 0. The number of benzene rings is 2. The van der Waals surface area contributed by atoms with Crippen molar-refractivity contribution in [3.8, 4) is 5.75 Å². The number of carboxylic acid groups (broad SMARTS) is 1. The van der Waals surface area contributed by atoms with Crippen LogP contribution < -0.4 is 4.74 Å². The summed E-state index contributed by atoms with van der Waals surface area (Å²) in [5.74, 6) is -0.722. The van der Waals surface area contributed by atoms with Gasteiger partial charge in [0.25, 0.3) is 11.1 Å². The highest BCUT2D eigenvalue weighted by Crippen LogP contribution is 2.32. The number of carbonyl (C=O) groups is 3. The predicted octanol–water partition coefficient (Wildman–Crippen LogP) is 4.12. The second-order valence-corrected chi connectivity index (χ2v) is 7.37. The van der Waals surface area contributed by atoms with Crippen LogP contribution in [0, 0.1) is 13.8 Å². The smallest absolute Gasteiger partial charge is 0.335 e. The minimum atomic E-state index is -1.05. The number of carboxylic acids is 1. The Kier molecular flexibility index (Phi) is 5.84. The van der Waals surface area contributed by atoms with Crippen molar-refractivity contribution in [2.24, 2.45) is 0 Å². The van der Waals surface area contributed by atoms with Crippen LogP contribution in [0.5, 0.6) is 5.75 Å². The minimum absolute atomic E-state index is 0.120. The van der Waals surface area contributed by atoms with Gasteiger partial charge in [0.05, 0.1) is 17.0 Å². The van der Waals surface area contributed by atoms with Crippen LogP contribution >= 0.6 is 11.8 Å². The van der Waals surface area contributed by atoms with E-state index in [4.69, 9.17) is 9.84 Å². The molecule has 2 aromatic rings. The van der Waals surface area contributed by atoms with E-state index in [0.29, 0.717) is 5.56 Å². The molecule has 2 aromatic carbocycles. The van der Waals surface area contributed by atoms with Gasteiger partial charge in [-0.25, -0.2) is 4.79 Å². The zero-order valence-electron chi connectivity index (χ0n) is 15.5. The van der Waals surface area contributed by atoms with E-state index in [1.807, 2.05) is 32.0 Å². The monoisotopic (exact) mass is 397 g/mol. The minimum Gasteiger partial charge on any atom is -0.491 e. The first-order valence-corrected chi connectivity index (χ1v) is 9.45. The van der Waals surface area contributed by atoms with Crippen molar-refractivity contribution in [2.75, 3.05) is 13.2 Å². The van der Waals surface area contributed by atoms with Crippen molar-refractivity contribution in [1.82, 2.24) is 4.90 Å². The van der Waals surface area contributed by atoms with Gasteiger partial charge in [0.1, 0.15) is 12.4 Å². The van der Waals surface area contributed by atoms with Crippen molar-refractivity contribution < 1.29 is 24.2 Å². The van der Waals surface area contributed by atoms with Gasteiger partial charge in [-0.15, -0.1) is 0 Å². The van der Waals surface area contributed by atoms with Crippen LogP contribution in [0.15, 0.2) is 47.4 Å². The third-order valence-corrected chi connectivity index (χ3v) is 5.13. The molecule has 1 aliphatic heterocycles. The Bertz CT molecular complexity index is 983. The Morgan fingerprint density at radius 2 is 1.96 bits per heavy atom. The molecule has 1 saturated heterocycles. The fourth-order valence-corrected chi connectivity index (χ4v) is 3.58. The van der Waals surface area contributed by atoms with E-state index in [1.54, 1.807) is 12.1 Å².